The first-order valence-corrected chi connectivity index (χ1v) is 14.0. The SMILES string of the molecule is O=C(N[C@@H]1CN2CCC1CC2)C(CC1=CCC(Cl)(C(F)(F)F)C=C1)NC(=O)C1(c2ccc(Cl)cc2Cl)CC1. The van der Waals surface area contributed by atoms with E-state index in [9.17, 15) is 22.8 Å². The second-order valence-corrected chi connectivity index (χ2v) is 12.4. The highest BCUT2D eigenvalue weighted by Crippen LogP contribution is 2.51. The molecular weight excluding hydrogens is 562 g/mol. The van der Waals surface area contributed by atoms with Crippen molar-refractivity contribution in [3.8, 4) is 0 Å². The molecule has 2 amide bonds. The van der Waals surface area contributed by atoms with Gasteiger partial charge in [0.2, 0.25) is 11.8 Å². The molecule has 4 fully saturated rings. The molecule has 2 aliphatic carbocycles. The van der Waals surface area contributed by atoms with Crippen LogP contribution in [-0.4, -0.2) is 59.5 Å². The Morgan fingerprint density at radius 3 is 2.39 bits per heavy atom. The first-order chi connectivity index (χ1) is 17.9. The Morgan fingerprint density at radius 1 is 1.16 bits per heavy atom. The summed E-state index contributed by atoms with van der Waals surface area (Å²) in [5.74, 6) is -0.304. The summed E-state index contributed by atoms with van der Waals surface area (Å²) in [6, 6.07) is 3.99. The van der Waals surface area contributed by atoms with Gasteiger partial charge in [-0.3, -0.25) is 9.59 Å². The van der Waals surface area contributed by atoms with Crippen LogP contribution in [0.1, 0.15) is 44.1 Å². The van der Waals surface area contributed by atoms with Crippen LogP contribution in [-0.2, 0) is 15.0 Å². The summed E-state index contributed by atoms with van der Waals surface area (Å²) in [5.41, 5.74) is 0.287. The van der Waals surface area contributed by atoms with E-state index in [-0.39, 0.29) is 24.3 Å². The van der Waals surface area contributed by atoms with E-state index in [1.165, 1.54) is 12.2 Å². The Hall–Kier alpha value is -1.74. The standard InChI is InChI=1S/C27H29Cl3F3N3O2/c28-18-1-2-19(20(29)14-18)25(9-10-25)24(38)35-21(13-16-3-7-26(30,8-4-16)27(31,32)33)23(37)34-22-15-36-11-5-17(22)6-12-36/h1-4,7,14,17,21-22H,5-6,8-13,15H2,(H,34,37)(H,35,38)/t21?,22-,26?/m1/s1. The number of halogens is 6. The summed E-state index contributed by atoms with van der Waals surface area (Å²) in [5, 5.41) is 6.86. The Kier molecular flexibility index (Phi) is 7.57. The van der Waals surface area contributed by atoms with Crippen molar-refractivity contribution in [2.75, 3.05) is 19.6 Å². The number of hydrogen-bond donors (Lipinski definition) is 2. The number of carbonyl (C=O) groups excluding carboxylic acids is 2. The van der Waals surface area contributed by atoms with E-state index in [4.69, 9.17) is 34.8 Å². The Labute approximate surface area is 234 Å². The number of amides is 2. The number of fused-ring (bicyclic) bond motifs is 3. The molecule has 11 heteroatoms. The normalized spacial score (nSPS) is 30.4. The fraction of sp³-hybridized carbons (Fsp3) is 0.556. The molecule has 206 valence electrons. The lowest BCUT2D eigenvalue weighted by molar-refractivity contribution is -0.149. The van der Waals surface area contributed by atoms with Gasteiger partial charge in [0.1, 0.15) is 6.04 Å². The van der Waals surface area contributed by atoms with Crippen LogP contribution in [0.2, 0.25) is 10.0 Å². The largest absolute Gasteiger partial charge is 0.411 e. The molecule has 2 N–H and O–H groups in total. The van der Waals surface area contributed by atoms with E-state index in [0.717, 1.165) is 38.6 Å². The lowest BCUT2D eigenvalue weighted by Gasteiger charge is -2.45. The molecule has 6 rings (SSSR count). The minimum atomic E-state index is -4.61. The summed E-state index contributed by atoms with van der Waals surface area (Å²) in [7, 11) is 0. The number of rotatable bonds is 7. The predicted molar refractivity (Wildman–Crippen MR) is 141 cm³/mol. The number of hydrogen-bond acceptors (Lipinski definition) is 3. The second-order valence-electron chi connectivity index (χ2n) is 10.9. The highest BCUT2D eigenvalue weighted by atomic mass is 35.5. The average molecular weight is 591 g/mol. The monoisotopic (exact) mass is 589 g/mol. The Morgan fingerprint density at radius 2 is 1.87 bits per heavy atom. The zero-order valence-corrected chi connectivity index (χ0v) is 22.9. The van der Waals surface area contributed by atoms with Crippen LogP contribution in [0.5, 0.6) is 0 Å². The molecule has 3 heterocycles. The molecule has 1 aromatic rings. The van der Waals surface area contributed by atoms with E-state index in [0.29, 0.717) is 39.9 Å². The Bertz CT molecular complexity index is 1180. The van der Waals surface area contributed by atoms with Gasteiger partial charge in [-0.15, -0.1) is 11.6 Å². The third-order valence-corrected chi connectivity index (χ3v) is 9.41. The molecule has 2 unspecified atom stereocenters. The lowest BCUT2D eigenvalue weighted by atomic mass is 9.83. The molecule has 3 atom stereocenters. The average Bonchev–Trinajstić information content (AvgIpc) is 3.67. The van der Waals surface area contributed by atoms with Crippen LogP contribution >= 0.6 is 34.8 Å². The van der Waals surface area contributed by atoms with Gasteiger partial charge < -0.3 is 15.5 Å². The maximum absolute atomic E-state index is 13.6. The lowest BCUT2D eigenvalue weighted by Crippen LogP contribution is -2.60. The van der Waals surface area contributed by atoms with Gasteiger partial charge in [-0.2, -0.15) is 13.2 Å². The summed E-state index contributed by atoms with van der Waals surface area (Å²) >= 11 is 18.2. The quantitative estimate of drug-likeness (QED) is 0.410. The van der Waals surface area contributed by atoms with Crippen LogP contribution in [0.15, 0.2) is 42.0 Å². The Balaban J connectivity index is 1.34. The van der Waals surface area contributed by atoms with Crippen molar-refractivity contribution >= 4 is 46.6 Å². The maximum Gasteiger partial charge on any atom is 0.411 e. The molecule has 5 nitrogen and oxygen atoms in total. The minimum Gasteiger partial charge on any atom is -0.350 e. The molecule has 1 saturated carbocycles. The summed E-state index contributed by atoms with van der Waals surface area (Å²) < 4.78 is 40.0. The van der Waals surface area contributed by atoms with Crippen molar-refractivity contribution in [3.05, 3.63) is 57.6 Å². The van der Waals surface area contributed by atoms with Gasteiger partial charge in [-0.25, -0.2) is 0 Å². The van der Waals surface area contributed by atoms with Crippen molar-refractivity contribution in [1.29, 1.82) is 0 Å². The fourth-order valence-electron chi connectivity index (χ4n) is 5.79. The molecule has 0 aromatic heterocycles. The first-order valence-electron chi connectivity index (χ1n) is 12.8. The molecular formula is C27H29Cl3F3N3O2. The molecule has 3 saturated heterocycles. The molecule has 3 aliphatic heterocycles. The van der Waals surface area contributed by atoms with Crippen LogP contribution in [0.4, 0.5) is 13.2 Å². The van der Waals surface area contributed by atoms with Crippen molar-refractivity contribution in [2.24, 2.45) is 5.92 Å². The van der Waals surface area contributed by atoms with Gasteiger partial charge in [0.15, 0.2) is 4.87 Å². The molecule has 0 spiro atoms. The minimum absolute atomic E-state index is 0.0263. The molecule has 0 radical (unpaired) electrons. The highest BCUT2D eigenvalue weighted by molar-refractivity contribution is 6.35. The number of allylic oxidation sites excluding steroid dienone is 3. The van der Waals surface area contributed by atoms with E-state index in [2.05, 4.69) is 15.5 Å². The number of nitrogens with one attached hydrogen (secondary N) is 2. The molecule has 2 bridgehead atoms. The zero-order chi connectivity index (χ0) is 27.3. The highest BCUT2D eigenvalue weighted by Gasteiger charge is 2.54. The number of benzene rings is 1. The van der Waals surface area contributed by atoms with Crippen LogP contribution in [0.25, 0.3) is 0 Å². The van der Waals surface area contributed by atoms with Gasteiger partial charge in [0.05, 0.1) is 5.41 Å². The fourth-order valence-corrected chi connectivity index (χ4v) is 6.52. The zero-order valence-electron chi connectivity index (χ0n) is 20.6. The van der Waals surface area contributed by atoms with E-state index >= 15 is 0 Å². The third-order valence-electron chi connectivity index (χ3n) is 8.37. The summed E-state index contributed by atoms with van der Waals surface area (Å²) in [4.78, 5) is 26.9. The number of piperidine rings is 3. The van der Waals surface area contributed by atoms with Gasteiger partial charge in [0, 0.05) is 29.1 Å². The van der Waals surface area contributed by atoms with Crippen LogP contribution < -0.4 is 10.6 Å². The van der Waals surface area contributed by atoms with Gasteiger partial charge in [-0.05, 0) is 74.4 Å². The third kappa shape index (κ3) is 5.47. The van der Waals surface area contributed by atoms with Crippen LogP contribution in [0, 0.1) is 5.92 Å². The van der Waals surface area contributed by atoms with Crippen LogP contribution in [0.3, 0.4) is 0 Å². The predicted octanol–water partition coefficient (Wildman–Crippen LogP) is 5.54. The number of carbonyl (C=O) groups is 2. The number of nitrogens with zero attached hydrogens (tertiary/aromatic N) is 1. The van der Waals surface area contributed by atoms with E-state index in [1.807, 2.05) is 0 Å². The maximum atomic E-state index is 13.6. The second kappa shape index (κ2) is 10.3. The van der Waals surface area contributed by atoms with Crippen molar-refractivity contribution in [2.45, 2.75) is 67.1 Å². The first kappa shape index (κ1) is 27.8. The van der Waals surface area contributed by atoms with Gasteiger partial charge in [-0.1, -0.05) is 47.5 Å². The van der Waals surface area contributed by atoms with Gasteiger partial charge in [0.25, 0.3) is 0 Å². The van der Waals surface area contributed by atoms with E-state index in [1.54, 1.807) is 18.2 Å². The van der Waals surface area contributed by atoms with Crippen molar-refractivity contribution < 1.29 is 22.8 Å². The molecule has 1 aromatic carbocycles. The van der Waals surface area contributed by atoms with Gasteiger partial charge >= 0.3 is 6.18 Å². The molecule has 5 aliphatic rings. The van der Waals surface area contributed by atoms with Crippen molar-refractivity contribution in [1.82, 2.24) is 15.5 Å². The number of alkyl halides is 4. The smallest absolute Gasteiger partial charge is 0.350 e. The summed E-state index contributed by atoms with van der Waals surface area (Å²) in [6.45, 7) is 2.78. The molecule has 38 heavy (non-hydrogen) atoms. The topological polar surface area (TPSA) is 61.4 Å². The summed E-state index contributed by atoms with van der Waals surface area (Å²) in [6.07, 6.45) is 1.74. The van der Waals surface area contributed by atoms with E-state index < -0.39 is 28.9 Å². The van der Waals surface area contributed by atoms with Crippen molar-refractivity contribution in [3.63, 3.8) is 0 Å².